The van der Waals surface area contributed by atoms with E-state index in [1.165, 1.54) is 27.7 Å². The van der Waals surface area contributed by atoms with E-state index >= 15 is 0 Å². The second kappa shape index (κ2) is 9.56. The highest BCUT2D eigenvalue weighted by Gasteiger charge is 2.32. The number of nitrogens with one attached hydrogen (secondary N) is 2. The van der Waals surface area contributed by atoms with Crippen LogP contribution in [-0.4, -0.2) is 58.7 Å². The third kappa shape index (κ3) is 4.36. The van der Waals surface area contributed by atoms with Crippen molar-refractivity contribution in [1.29, 1.82) is 0 Å². The monoisotopic (exact) mass is 447 g/mol. The fraction of sp³-hybridized carbons (Fsp3) is 0.444. The molecule has 4 heterocycles. The third-order valence-corrected chi connectivity index (χ3v) is 7.18. The minimum absolute atomic E-state index is 0.0952. The summed E-state index contributed by atoms with van der Waals surface area (Å²) in [5.41, 5.74) is 6.21. The minimum atomic E-state index is -0.238. The second-order valence-electron chi connectivity index (χ2n) is 9.28. The van der Waals surface area contributed by atoms with Crippen molar-refractivity contribution in [2.75, 3.05) is 38.2 Å². The van der Waals surface area contributed by atoms with Gasteiger partial charge in [0, 0.05) is 60.7 Å². The number of anilines is 1. The number of likely N-dealkylation sites (tertiary alicyclic amines) is 1. The number of hydrogen-bond donors (Lipinski definition) is 2. The number of para-hydroxylation sites is 1. The highest BCUT2D eigenvalue weighted by atomic mass is 19.1. The summed E-state index contributed by atoms with van der Waals surface area (Å²) in [6.45, 7) is 10.1. The molecule has 2 aliphatic heterocycles. The molecule has 0 saturated carbocycles. The number of aromatic amines is 1. The molecular weight excluding hydrogens is 413 g/mol. The van der Waals surface area contributed by atoms with Crippen LogP contribution in [0.4, 0.5) is 10.2 Å². The van der Waals surface area contributed by atoms with Gasteiger partial charge in [0.25, 0.3) is 0 Å². The zero-order chi connectivity index (χ0) is 22.8. The van der Waals surface area contributed by atoms with E-state index in [9.17, 15) is 4.39 Å². The van der Waals surface area contributed by atoms with Gasteiger partial charge in [0.2, 0.25) is 0 Å². The van der Waals surface area contributed by atoms with Crippen LogP contribution in [0.15, 0.2) is 54.9 Å². The van der Waals surface area contributed by atoms with Gasteiger partial charge in [-0.05, 0) is 48.9 Å². The number of H-pyrrole nitrogens is 1. The van der Waals surface area contributed by atoms with E-state index in [-0.39, 0.29) is 12.7 Å². The Hall–Kier alpha value is -2.86. The number of benzene rings is 1. The number of hydrogen-bond acceptors (Lipinski definition) is 4. The highest BCUT2D eigenvalue weighted by molar-refractivity contribution is 5.85. The van der Waals surface area contributed by atoms with Crippen LogP contribution in [0.5, 0.6) is 0 Å². The lowest BCUT2D eigenvalue weighted by molar-refractivity contribution is 0.265. The average molecular weight is 448 g/mol. The van der Waals surface area contributed by atoms with Crippen molar-refractivity contribution in [3.63, 3.8) is 0 Å². The number of halogens is 1. The van der Waals surface area contributed by atoms with Gasteiger partial charge in [0.05, 0.1) is 12.7 Å². The minimum Gasteiger partial charge on any atom is -0.366 e. The molecule has 1 aromatic carbocycles. The standard InChI is InChI=1S/C27H34FN5/c1-3-19(2)33-16-12-23-22-7-4-5-8-24(22)31-26(23)27(33)20-9-10-25(29-17-20)30-21-11-15-32(18-21)14-6-13-28/h4-5,7-10,17,21,27,31H,2-3,6,11-16,18H2,1H3,(H,29,30)/t21-,27+/m0/s1. The summed E-state index contributed by atoms with van der Waals surface area (Å²) in [4.78, 5) is 13.3. The Bertz CT molecular complexity index is 1110. The number of aromatic nitrogens is 2. The number of pyridine rings is 1. The molecule has 1 saturated heterocycles. The van der Waals surface area contributed by atoms with Crippen LogP contribution in [0.1, 0.15) is 49.0 Å². The van der Waals surface area contributed by atoms with E-state index in [0.717, 1.165) is 57.0 Å². The van der Waals surface area contributed by atoms with Gasteiger partial charge < -0.3 is 20.1 Å². The molecule has 0 radical (unpaired) electrons. The maximum atomic E-state index is 12.5. The second-order valence-corrected chi connectivity index (χ2v) is 9.28. The highest BCUT2D eigenvalue weighted by Crippen LogP contribution is 2.40. The number of alkyl halides is 1. The number of fused-ring (bicyclic) bond motifs is 3. The molecule has 2 aliphatic rings. The molecule has 0 bridgehead atoms. The molecule has 0 amide bonds. The van der Waals surface area contributed by atoms with Crippen LogP contribution in [0.25, 0.3) is 10.9 Å². The van der Waals surface area contributed by atoms with Gasteiger partial charge in [-0.25, -0.2) is 4.98 Å². The topological polar surface area (TPSA) is 47.2 Å². The molecular formula is C27H34FN5. The first kappa shape index (κ1) is 22.0. The van der Waals surface area contributed by atoms with E-state index in [0.29, 0.717) is 12.5 Å². The van der Waals surface area contributed by atoms with Crippen LogP contribution < -0.4 is 5.32 Å². The number of nitrogens with zero attached hydrogens (tertiary/aromatic N) is 3. The molecule has 0 unspecified atom stereocenters. The van der Waals surface area contributed by atoms with Crippen molar-refractivity contribution in [2.24, 2.45) is 0 Å². The molecule has 5 rings (SSSR count). The fourth-order valence-corrected chi connectivity index (χ4v) is 5.43. The van der Waals surface area contributed by atoms with Crippen LogP contribution in [0.2, 0.25) is 0 Å². The van der Waals surface area contributed by atoms with Crippen LogP contribution in [0.3, 0.4) is 0 Å². The van der Waals surface area contributed by atoms with Crippen molar-refractivity contribution in [3.8, 4) is 0 Å². The first-order chi connectivity index (χ1) is 16.2. The lowest BCUT2D eigenvalue weighted by Crippen LogP contribution is -2.35. The van der Waals surface area contributed by atoms with Crippen LogP contribution in [0, 0.1) is 0 Å². The molecule has 33 heavy (non-hydrogen) atoms. The van der Waals surface area contributed by atoms with Crippen molar-refractivity contribution in [2.45, 2.75) is 44.7 Å². The summed E-state index contributed by atoms with van der Waals surface area (Å²) < 4.78 is 12.5. The van der Waals surface area contributed by atoms with E-state index in [1.54, 1.807) is 0 Å². The van der Waals surface area contributed by atoms with Gasteiger partial charge in [0.15, 0.2) is 0 Å². The Morgan fingerprint density at radius 3 is 2.91 bits per heavy atom. The van der Waals surface area contributed by atoms with Gasteiger partial charge >= 0.3 is 0 Å². The van der Waals surface area contributed by atoms with Crippen molar-refractivity contribution < 1.29 is 4.39 Å². The number of allylic oxidation sites excluding steroid dienone is 1. The third-order valence-electron chi connectivity index (χ3n) is 7.18. The molecule has 6 heteroatoms. The zero-order valence-corrected chi connectivity index (χ0v) is 19.5. The smallest absolute Gasteiger partial charge is 0.126 e. The van der Waals surface area contributed by atoms with E-state index in [4.69, 9.17) is 4.98 Å². The predicted octanol–water partition coefficient (Wildman–Crippen LogP) is 5.28. The molecule has 0 aliphatic carbocycles. The summed E-state index contributed by atoms with van der Waals surface area (Å²) in [5, 5.41) is 4.90. The Morgan fingerprint density at radius 2 is 2.12 bits per heavy atom. The van der Waals surface area contributed by atoms with Gasteiger partial charge in [-0.3, -0.25) is 4.39 Å². The normalized spacial score (nSPS) is 20.8. The molecule has 2 aromatic heterocycles. The SMILES string of the molecule is C=C(CC)N1CCc2c([nH]c3ccccc23)[C@H]1c1ccc(N[C@H]2CCN(CCCF)C2)nc1. The fourth-order valence-electron chi connectivity index (χ4n) is 5.43. The van der Waals surface area contributed by atoms with E-state index < -0.39 is 0 Å². The molecule has 1 fully saturated rings. The predicted molar refractivity (Wildman–Crippen MR) is 133 cm³/mol. The lowest BCUT2D eigenvalue weighted by Gasteiger charge is -2.38. The quantitative estimate of drug-likeness (QED) is 0.493. The molecule has 5 nitrogen and oxygen atoms in total. The van der Waals surface area contributed by atoms with Gasteiger partial charge in [-0.15, -0.1) is 0 Å². The summed E-state index contributed by atoms with van der Waals surface area (Å²) in [5.74, 6) is 0.907. The Balaban J connectivity index is 1.38. The zero-order valence-electron chi connectivity index (χ0n) is 19.5. The van der Waals surface area contributed by atoms with Crippen LogP contribution >= 0.6 is 0 Å². The maximum absolute atomic E-state index is 12.5. The average Bonchev–Trinajstić information content (AvgIpc) is 3.46. The molecule has 0 spiro atoms. The molecule has 2 atom stereocenters. The lowest BCUT2D eigenvalue weighted by atomic mass is 9.92. The summed E-state index contributed by atoms with van der Waals surface area (Å²) in [6.07, 6.45) is 5.65. The Kier molecular flexibility index (Phi) is 6.36. The molecule has 2 N–H and O–H groups in total. The molecule has 3 aromatic rings. The first-order valence-corrected chi connectivity index (χ1v) is 12.2. The van der Waals surface area contributed by atoms with Crippen molar-refractivity contribution >= 4 is 16.7 Å². The maximum Gasteiger partial charge on any atom is 0.126 e. The molecule has 174 valence electrons. The van der Waals surface area contributed by atoms with Gasteiger partial charge in [0.1, 0.15) is 5.82 Å². The summed E-state index contributed by atoms with van der Waals surface area (Å²) in [7, 11) is 0. The van der Waals surface area contributed by atoms with Crippen molar-refractivity contribution in [1.82, 2.24) is 19.8 Å². The Morgan fingerprint density at radius 1 is 1.24 bits per heavy atom. The largest absolute Gasteiger partial charge is 0.366 e. The number of rotatable bonds is 8. The Labute approximate surface area is 195 Å². The summed E-state index contributed by atoms with van der Waals surface area (Å²) in [6, 6.07) is 13.4. The van der Waals surface area contributed by atoms with E-state index in [2.05, 4.69) is 70.0 Å². The van der Waals surface area contributed by atoms with Gasteiger partial charge in [-0.1, -0.05) is 37.8 Å². The van der Waals surface area contributed by atoms with E-state index in [1.807, 2.05) is 6.20 Å². The first-order valence-electron chi connectivity index (χ1n) is 12.2. The van der Waals surface area contributed by atoms with Crippen molar-refractivity contribution in [3.05, 3.63) is 71.7 Å². The van der Waals surface area contributed by atoms with Gasteiger partial charge in [-0.2, -0.15) is 0 Å². The van der Waals surface area contributed by atoms with Crippen LogP contribution in [-0.2, 0) is 6.42 Å². The summed E-state index contributed by atoms with van der Waals surface area (Å²) >= 11 is 0.